The Morgan fingerprint density at radius 2 is 1.60 bits per heavy atom. The molecule has 90 valence electrons. The van der Waals surface area contributed by atoms with E-state index < -0.39 is 0 Å². The number of ether oxygens (including phenoxy) is 1. The van der Waals surface area contributed by atoms with Crippen molar-refractivity contribution in [2.75, 3.05) is 7.11 Å². The highest BCUT2D eigenvalue weighted by Crippen LogP contribution is 2.33. The lowest BCUT2D eigenvalue weighted by molar-refractivity contribution is -0.148. The number of carbonyl (C=O) groups excluding carboxylic acids is 1. The van der Waals surface area contributed by atoms with Gasteiger partial charge in [-0.1, -0.05) is 0 Å². The van der Waals surface area contributed by atoms with E-state index in [1.54, 1.807) is 0 Å². The number of rotatable bonds is 1. The van der Waals surface area contributed by atoms with Gasteiger partial charge in [0.1, 0.15) is 0 Å². The van der Waals surface area contributed by atoms with Crippen LogP contribution >= 0.6 is 12.4 Å². The second kappa shape index (κ2) is 4.71. The van der Waals surface area contributed by atoms with Crippen LogP contribution in [0.5, 0.6) is 0 Å². The molecule has 0 aromatic carbocycles. The van der Waals surface area contributed by atoms with Crippen molar-refractivity contribution >= 4 is 18.4 Å². The van der Waals surface area contributed by atoms with E-state index in [9.17, 15) is 4.79 Å². The molecule has 0 bridgehead atoms. The number of methoxy groups -OCH3 is 1. The summed E-state index contributed by atoms with van der Waals surface area (Å²) in [5.74, 6) is -0.0427. The van der Waals surface area contributed by atoms with E-state index >= 15 is 0 Å². The fourth-order valence-corrected chi connectivity index (χ4v) is 2.66. The van der Waals surface area contributed by atoms with Gasteiger partial charge in [0.05, 0.1) is 13.0 Å². The fraction of sp³-hybridized carbons (Fsp3) is 0.909. The standard InChI is InChI=1S/C11H21NO2.ClH/c1-10(2)6-8(9(13)14-5)7-11(3,4)12-10;/h8,12H,6-7H2,1-5H3;1H. The maximum absolute atomic E-state index is 11.5. The lowest BCUT2D eigenvalue weighted by Gasteiger charge is -2.45. The summed E-state index contributed by atoms with van der Waals surface area (Å²) in [5.41, 5.74) is 0.0290. The zero-order valence-corrected chi connectivity index (χ0v) is 11.0. The van der Waals surface area contributed by atoms with E-state index in [2.05, 4.69) is 33.0 Å². The maximum Gasteiger partial charge on any atom is 0.308 e. The number of esters is 1. The van der Waals surface area contributed by atoms with E-state index in [-0.39, 0.29) is 35.4 Å². The third kappa shape index (κ3) is 3.99. The number of halogens is 1. The molecule has 0 amide bonds. The Balaban J connectivity index is 0.00000196. The van der Waals surface area contributed by atoms with Gasteiger partial charge in [-0.15, -0.1) is 12.4 Å². The molecule has 0 aromatic rings. The Morgan fingerprint density at radius 1 is 1.20 bits per heavy atom. The molecule has 15 heavy (non-hydrogen) atoms. The third-order valence-corrected chi connectivity index (χ3v) is 2.72. The molecule has 1 N–H and O–H groups in total. The first-order valence-electron chi connectivity index (χ1n) is 5.13. The van der Waals surface area contributed by atoms with Crippen LogP contribution in [-0.2, 0) is 9.53 Å². The predicted octanol–water partition coefficient (Wildman–Crippen LogP) is 2.14. The van der Waals surface area contributed by atoms with Crippen molar-refractivity contribution in [3.05, 3.63) is 0 Å². The molecular weight excluding hydrogens is 214 g/mol. The summed E-state index contributed by atoms with van der Waals surface area (Å²) in [6.45, 7) is 8.52. The molecule has 0 unspecified atom stereocenters. The summed E-state index contributed by atoms with van der Waals surface area (Å²) < 4.78 is 4.81. The molecule has 3 nitrogen and oxygen atoms in total. The van der Waals surface area contributed by atoms with Crippen LogP contribution in [0, 0.1) is 5.92 Å². The lowest BCUT2D eigenvalue weighted by Crippen LogP contribution is -2.58. The summed E-state index contributed by atoms with van der Waals surface area (Å²) >= 11 is 0. The van der Waals surface area contributed by atoms with Crippen LogP contribution in [0.4, 0.5) is 0 Å². The van der Waals surface area contributed by atoms with E-state index in [0.717, 1.165) is 12.8 Å². The number of nitrogens with one attached hydrogen (secondary N) is 1. The van der Waals surface area contributed by atoms with Gasteiger partial charge in [0.2, 0.25) is 0 Å². The first-order chi connectivity index (χ1) is 6.26. The molecule has 1 saturated heterocycles. The molecular formula is C11H22ClNO2. The van der Waals surface area contributed by atoms with E-state index in [1.807, 2.05) is 0 Å². The highest BCUT2D eigenvalue weighted by molar-refractivity contribution is 5.85. The van der Waals surface area contributed by atoms with Crippen molar-refractivity contribution in [1.82, 2.24) is 5.32 Å². The highest BCUT2D eigenvalue weighted by atomic mass is 35.5. The second-order valence-corrected chi connectivity index (χ2v) is 5.52. The van der Waals surface area contributed by atoms with Gasteiger partial charge in [-0.05, 0) is 40.5 Å². The first-order valence-corrected chi connectivity index (χ1v) is 5.13. The second-order valence-electron chi connectivity index (χ2n) is 5.52. The maximum atomic E-state index is 11.5. The van der Waals surface area contributed by atoms with Crippen molar-refractivity contribution in [3.8, 4) is 0 Å². The van der Waals surface area contributed by atoms with Gasteiger partial charge >= 0.3 is 5.97 Å². The Bertz CT molecular complexity index is 223. The quantitative estimate of drug-likeness (QED) is 0.708. The zero-order valence-electron chi connectivity index (χ0n) is 10.2. The van der Waals surface area contributed by atoms with Crippen LogP contribution in [0.15, 0.2) is 0 Å². The normalized spacial score (nSPS) is 24.1. The Kier molecular flexibility index (Phi) is 4.62. The Hall–Kier alpha value is -0.280. The minimum absolute atomic E-state index is 0. The first kappa shape index (κ1) is 14.7. The third-order valence-electron chi connectivity index (χ3n) is 2.72. The lowest BCUT2D eigenvalue weighted by atomic mass is 9.76. The molecule has 1 heterocycles. The average molecular weight is 236 g/mol. The van der Waals surface area contributed by atoms with Gasteiger partial charge in [0, 0.05) is 11.1 Å². The monoisotopic (exact) mass is 235 g/mol. The van der Waals surface area contributed by atoms with E-state index in [4.69, 9.17) is 4.74 Å². The van der Waals surface area contributed by atoms with Crippen molar-refractivity contribution in [3.63, 3.8) is 0 Å². The SMILES string of the molecule is COC(=O)C1CC(C)(C)NC(C)(C)C1.Cl. The number of piperidine rings is 1. The molecule has 0 radical (unpaired) electrons. The Labute approximate surface area is 98.4 Å². The van der Waals surface area contributed by atoms with Gasteiger partial charge in [-0.3, -0.25) is 4.79 Å². The molecule has 0 saturated carbocycles. The molecule has 4 heteroatoms. The average Bonchev–Trinajstić information content (AvgIpc) is 1.97. The molecule has 1 rings (SSSR count). The van der Waals surface area contributed by atoms with Gasteiger partial charge in [-0.2, -0.15) is 0 Å². The highest BCUT2D eigenvalue weighted by Gasteiger charge is 2.40. The number of carbonyl (C=O) groups is 1. The molecule has 0 atom stereocenters. The van der Waals surface area contributed by atoms with E-state index in [1.165, 1.54) is 7.11 Å². The van der Waals surface area contributed by atoms with Gasteiger partial charge in [-0.25, -0.2) is 0 Å². The van der Waals surface area contributed by atoms with Crippen LogP contribution in [-0.4, -0.2) is 24.2 Å². The largest absolute Gasteiger partial charge is 0.469 e. The molecule has 0 spiro atoms. The van der Waals surface area contributed by atoms with Crippen LogP contribution in [0.3, 0.4) is 0 Å². The van der Waals surface area contributed by atoms with Crippen molar-refractivity contribution in [1.29, 1.82) is 0 Å². The summed E-state index contributed by atoms with van der Waals surface area (Å²) in [6.07, 6.45) is 1.70. The molecule has 1 aliphatic heterocycles. The van der Waals surface area contributed by atoms with Crippen LogP contribution in [0.2, 0.25) is 0 Å². The molecule has 0 aromatic heterocycles. The summed E-state index contributed by atoms with van der Waals surface area (Å²) in [7, 11) is 1.46. The van der Waals surface area contributed by atoms with Crippen molar-refractivity contribution < 1.29 is 9.53 Å². The van der Waals surface area contributed by atoms with Crippen LogP contribution in [0.25, 0.3) is 0 Å². The van der Waals surface area contributed by atoms with Crippen LogP contribution < -0.4 is 5.32 Å². The minimum Gasteiger partial charge on any atom is -0.469 e. The summed E-state index contributed by atoms with van der Waals surface area (Å²) in [6, 6.07) is 0. The predicted molar refractivity (Wildman–Crippen MR) is 63.3 cm³/mol. The van der Waals surface area contributed by atoms with Gasteiger partial charge in [0.15, 0.2) is 0 Å². The van der Waals surface area contributed by atoms with Gasteiger partial charge < -0.3 is 10.1 Å². The number of hydrogen-bond acceptors (Lipinski definition) is 3. The number of hydrogen-bond donors (Lipinski definition) is 1. The molecule has 1 aliphatic rings. The van der Waals surface area contributed by atoms with Gasteiger partial charge in [0.25, 0.3) is 0 Å². The fourth-order valence-electron chi connectivity index (χ4n) is 2.66. The smallest absolute Gasteiger partial charge is 0.308 e. The molecule has 1 fully saturated rings. The van der Waals surface area contributed by atoms with E-state index in [0.29, 0.717) is 0 Å². The minimum atomic E-state index is -0.0762. The summed E-state index contributed by atoms with van der Waals surface area (Å²) in [4.78, 5) is 11.5. The van der Waals surface area contributed by atoms with Crippen molar-refractivity contribution in [2.24, 2.45) is 5.92 Å². The van der Waals surface area contributed by atoms with Crippen LogP contribution in [0.1, 0.15) is 40.5 Å². The zero-order chi connectivity index (χ0) is 11.0. The summed E-state index contributed by atoms with van der Waals surface area (Å²) in [5, 5.41) is 3.53. The molecule has 0 aliphatic carbocycles. The Morgan fingerprint density at radius 3 is 1.93 bits per heavy atom. The van der Waals surface area contributed by atoms with Crippen molar-refractivity contribution in [2.45, 2.75) is 51.6 Å². The topological polar surface area (TPSA) is 38.3 Å².